The van der Waals surface area contributed by atoms with Gasteiger partial charge in [-0.3, -0.25) is 4.79 Å². The third kappa shape index (κ3) is 4.00. The number of ketones is 1. The molecule has 0 fully saturated rings. The number of carbonyl (C=O) groups is 2. The van der Waals surface area contributed by atoms with Crippen molar-refractivity contribution >= 4 is 28.8 Å². The van der Waals surface area contributed by atoms with E-state index in [1.54, 1.807) is 39.0 Å². The van der Waals surface area contributed by atoms with Gasteiger partial charge >= 0.3 is 6.16 Å². The number of hydrogen-bond acceptors (Lipinski definition) is 6. The third-order valence-corrected chi connectivity index (χ3v) is 5.99. The number of thiophene rings is 1. The van der Waals surface area contributed by atoms with Gasteiger partial charge in [-0.1, -0.05) is 12.1 Å². The third-order valence-electron chi connectivity index (χ3n) is 4.94. The lowest BCUT2D eigenvalue weighted by molar-refractivity contribution is -0.158. The van der Waals surface area contributed by atoms with Crippen LogP contribution >= 0.6 is 11.3 Å². The minimum Gasteiger partial charge on any atom is -0.437 e. The molecule has 0 saturated heterocycles. The minimum atomic E-state index is -1.07. The standard InChI is InChI=1S/C23H26O5S/c1-13-8-10-15(17-11-9-14(2)29-17)12-16(13)18-19(24)22(3,4)28-23(5,6)20(18)27-21(25)26-7/h8-12H,1-7H3. The highest BCUT2D eigenvalue weighted by molar-refractivity contribution is 7.15. The Kier molecular flexibility index (Phi) is 5.45. The molecule has 2 heterocycles. The molecule has 0 bridgehead atoms. The number of methoxy groups -OCH3 is 1. The lowest BCUT2D eigenvalue weighted by Gasteiger charge is -2.41. The van der Waals surface area contributed by atoms with Crippen LogP contribution in [-0.2, 0) is 19.0 Å². The van der Waals surface area contributed by atoms with Crippen LogP contribution in [0.15, 0.2) is 36.1 Å². The lowest BCUT2D eigenvalue weighted by Crippen LogP contribution is -2.50. The molecule has 0 N–H and O–H groups in total. The Bertz CT molecular complexity index is 1010. The maximum atomic E-state index is 13.4. The van der Waals surface area contributed by atoms with Gasteiger partial charge in [-0.05, 0) is 76.4 Å². The normalized spacial score (nSPS) is 18.0. The van der Waals surface area contributed by atoms with Gasteiger partial charge < -0.3 is 14.2 Å². The molecule has 0 amide bonds. The highest BCUT2D eigenvalue weighted by Crippen LogP contribution is 2.43. The van der Waals surface area contributed by atoms with Gasteiger partial charge in [-0.15, -0.1) is 11.3 Å². The molecule has 1 aromatic heterocycles. The summed E-state index contributed by atoms with van der Waals surface area (Å²) in [4.78, 5) is 27.7. The van der Waals surface area contributed by atoms with Gasteiger partial charge in [0.05, 0.1) is 12.7 Å². The summed E-state index contributed by atoms with van der Waals surface area (Å²) in [6.45, 7) is 11.0. The first-order chi connectivity index (χ1) is 13.5. The largest absolute Gasteiger partial charge is 0.513 e. The second-order valence-electron chi connectivity index (χ2n) is 8.15. The van der Waals surface area contributed by atoms with Crippen LogP contribution in [0.1, 0.15) is 43.7 Å². The maximum Gasteiger partial charge on any atom is 0.513 e. The van der Waals surface area contributed by atoms with Crippen molar-refractivity contribution in [1.82, 2.24) is 0 Å². The average Bonchev–Trinajstić information content (AvgIpc) is 3.06. The summed E-state index contributed by atoms with van der Waals surface area (Å²) in [6, 6.07) is 10.1. The summed E-state index contributed by atoms with van der Waals surface area (Å²) in [5, 5.41) is 0. The fourth-order valence-corrected chi connectivity index (χ4v) is 4.48. The number of Topliss-reactive ketones (excluding diaryl/α,β-unsaturated/α-hetero) is 1. The highest BCUT2D eigenvalue weighted by Gasteiger charge is 2.49. The van der Waals surface area contributed by atoms with Gasteiger partial charge in [0.1, 0.15) is 11.2 Å². The van der Waals surface area contributed by atoms with Crippen molar-refractivity contribution < 1.29 is 23.8 Å². The topological polar surface area (TPSA) is 61.8 Å². The van der Waals surface area contributed by atoms with E-state index < -0.39 is 17.4 Å². The predicted molar refractivity (Wildman–Crippen MR) is 114 cm³/mol. The van der Waals surface area contributed by atoms with Gasteiger partial charge in [-0.2, -0.15) is 0 Å². The average molecular weight is 415 g/mol. The smallest absolute Gasteiger partial charge is 0.437 e. The second kappa shape index (κ2) is 7.43. The number of ether oxygens (including phenoxy) is 3. The van der Waals surface area contributed by atoms with Crippen LogP contribution in [0.3, 0.4) is 0 Å². The Morgan fingerprint density at radius 2 is 1.72 bits per heavy atom. The van der Waals surface area contributed by atoms with Crippen molar-refractivity contribution in [2.24, 2.45) is 0 Å². The van der Waals surface area contributed by atoms with Crippen LogP contribution in [0.25, 0.3) is 16.0 Å². The Hall–Kier alpha value is -2.44. The van der Waals surface area contributed by atoms with Gasteiger partial charge in [0, 0.05) is 9.75 Å². The SMILES string of the molecule is COC(=O)OC1=C(c2cc(-c3ccc(C)s3)ccc2C)C(=O)C(C)(C)OC1(C)C. The molecule has 2 aromatic rings. The van der Waals surface area contributed by atoms with Crippen molar-refractivity contribution in [2.45, 2.75) is 52.7 Å². The monoisotopic (exact) mass is 414 g/mol. The zero-order chi connectivity index (χ0) is 21.6. The van der Waals surface area contributed by atoms with Gasteiger partial charge in [0.2, 0.25) is 0 Å². The van der Waals surface area contributed by atoms with Crippen LogP contribution in [-0.4, -0.2) is 30.3 Å². The zero-order valence-corrected chi connectivity index (χ0v) is 18.7. The summed E-state index contributed by atoms with van der Waals surface area (Å²) in [5.74, 6) is -0.0744. The quantitative estimate of drug-likeness (QED) is 0.605. The van der Waals surface area contributed by atoms with Crippen LogP contribution in [0, 0.1) is 13.8 Å². The fourth-order valence-electron chi connectivity index (χ4n) is 3.61. The Morgan fingerprint density at radius 1 is 1.03 bits per heavy atom. The first-order valence-corrected chi connectivity index (χ1v) is 10.2. The summed E-state index contributed by atoms with van der Waals surface area (Å²) >= 11 is 1.69. The van der Waals surface area contributed by atoms with E-state index in [2.05, 4.69) is 23.8 Å². The molecule has 0 radical (unpaired) electrons. The van der Waals surface area contributed by atoms with E-state index >= 15 is 0 Å². The van der Waals surface area contributed by atoms with E-state index in [0.717, 1.165) is 21.6 Å². The molecular formula is C23H26O5S. The molecule has 1 aromatic carbocycles. The predicted octanol–water partition coefficient (Wildman–Crippen LogP) is 5.68. The maximum absolute atomic E-state index is 13.4. The van der Waals surface area contributed by atoms with E-state index in [1.165, 1.54) is 12.0 Å². The Labute approximate surface area is 175 Å². The van der Waals surface area contributed by atoms with Gasteiger partial charge in [0.25, 0.3) is 0 Å². The minimum absolute atomic E-state index is 0.163. The molecule has 5 nitrogen and oxygen atoms in total. The molecule has 1 aliphatic heterocycles. The van der Waals surface area contributed by atoms with Crippen LogP contribution in [0.2, 0.25) is 0 Å². The summed E-state index contributed by atoms with van der Waals surface area (Å²) in [6.07, 6.45) is -0.885. The molecule has 3 rings (SSSR count). The van der Waals surface area contributed by atoms with Crippen molar-refractivity contribution in [2.75, 3.05) is 7.11 Å². The van der Waals surface area contributed by atoms with E-state index in [4.69, 9.17) is 9.47 Å². The number of hydrogen-bond donors (Lipinski definition) is 0. The number of aryl methyl sites for hydroxylation is 2. The molecule has 0 saturated carbocycles. The van der Waals surface area contributed by atoms with E-state index in [0.29, 0.717) is 5.57 Å². The zero-order valence-electron chi connectivity index (χ0n) is 17.8. The number of carbonyl (C=O) groups excluding carboxylic acids is 2. The lowest BCUT2D eigenvalue weighted by atomic mass is 9.81. The summed E-state index contributed by atoms with van der Waals surface area (Å²) in [7, 11) is 1.23. The van der Waals surface area contributed by atoms with Gasteiger partial charge in [0.15, 0.2) is 11.5 Å². The van der Waals surface area contributed by atoms with Crippen LogP contribution in [0.4, 0.5) is 4.79 Å². The van der Waals surface area contributed by atoms with Gasteiger partial charge in [-0.25, -0.2) is 4.79 Å². The molecule has 0 aliphatic carbocycles. The van der Waals surface area contributed by atoms with E-state index in [1.807, 2.05) is 25.1 Å². The first-order valence-electron chi connectivity index (χ1n) is 9.39. The van der Waals surface area contributed by atoms with Crippen LogP contribution in [0.5, 0.6) is 0 Å². The molecule has 6 heteroatoms. The molecule has 154 valence electrons. The van der Waals surface area contributed by atoms with Crippen molar-refractivity contribution in [1.29, 1.82) is 0 Å². The Morgan fingerprint density at radius 3 is 2.31 bits per heavy atom. The fraction of sp³-hybridized carbons (Fsp3) is 0.391. The van der Waals surface area contributed by atoms with Crippen molar-refractivity contribution in [3.8, 4) is 10.4 Å². The highest BCUT2D eigenvalue weighted by atomic mass is 32.1. The first kappa shape index (κ1) is 21.3. The molecule has 0 spiro atoms. The summed E-state index contributed by atoms with van der Waals surface area (Å²) < 4.78 is 16.2. The van der Waals surface area contributed by atoms with Crippen molar-refractivity contribution in [3.05, 3.63) is 52.1 Å². The van der Waals surface area contributed by atoms with Crippen LogP contribution < -0.4 is 0 Å². The molecular weight excluding hydrogens is 388 g/mol. The Balaban J connectivity index is 2.27. The molecule has 1 aliphatic rings. The molecule has 0 unspecified atom stereocenters. The molecule has 29 heavy (non-hydrogen) atoms. The second-order valence-corrected chi connectivity index (χ2v) is 9.44. The molecule has 0 atom stereocenters. The summed E-state index contributed by atoms with van der Waals surface area (Å²) in [5.41, 5.74) is 0.923. The van der Waals surface area contributed by atoms with E-state index in [-0.39, 0.29) is 11.5 Å². The van der Waals surface area contributed by atoms with Crippen molar-refractivity contribution in [3.63, 3.8) is 0 Å². The number of benzene rings is 1. The van der Waals surface area contributed by atoms with E-state index in [9.17, 15) is 9.59 Å². The number of rotatable bonds is 3.